The molecule has 1 aliphatic rings. The number of piperazine rings is 1. The average molecular weight is 491 g/mol. The highest BCUT2D eigenvalue weighted by atomic mass is 127. The standard InChI is InChI=1S/C19H33N5O2.HI/c1-20-19(22-16-7-8-17(25-3)18(15-16)26-4)21-9-5-6-10-24-13-11-23(2)12-14-24;/h7-8,15H,5-6,9-14H2,1-4H3,(H2,20,21,22);1H. The number of likely N-dealkylation sites (N-methyl/N-ethyl adjacent to an activating group) is 1. The van der Waals surface area contributed by atoms with E-state index in [1.165, 1.54) is 39.1 Å². The Morgan fingerprint density at radius 3 is 2.41 bits per heavy atom. The molecule has 1 aromatic rings. The Hall–Kier alpha value is -1.26. The number of halogens is 1. The molecule has 27 heavy (non-hydrogen) atoms. The van der Waals surface area contributed by atoms with E-state index >= 15 is 0 Å². The second-order valence-electron chi connectivity index (χ2n) is 6.55. The van der Waals surface area contributed by atoms with Crippen LogP contribution in [0.2, 0.25) is 0 Å². The number of ether oxygens (including phenoxy) is 2. The van der Waals surface area contributed by atoms with Gasteiger partial charge in [-0.15, -0.1) is 24.0 Å². The number of rotatable bonds is 8. The summed E-state index contributed by atoms with van der Waals surface area (Å²) in [4.78, 5) is 9.23. The van der Waals surface area contributed by atoms with Gasteiger partial charge in [0.1, 0.15) is 0 Å². The quantitative estimate of drug-likeness (QED) is 0.252. The highest BCUT2D eigenvalue weighted by Gasteiger charge is 2.12. The number of methoxy groups -OCH3 is 2. The van der Waals surface area contributed by atoms with E-state index < -0.39 is 0 Å². The predicted octanol–water partition coefficient (Wildman–Crippen LogP) is 2.34. The summed E-state index contributed by atoms with van der Waals surface area (Å²) in [5.41, 5.74) is 0.910. The molecular formula is C19H34IN5O2. The van der Waals surface area contributed by atoms with Crippen molar-refractivity contribution in [1.82, 2.24) is 15.1 Å². The Labute approximate surface area is 180 Å². The topological polar surface area (TPSA) is 61.4 Å². The molecule has 1 aliphatic heterocycles. The van der Waals surface area contributed by atoms with Crippen molar-refractivity contribution in [3.05, 3.63) is 18.2 Å². The first kappa shape index (κ1) is 23.8. The number of hydrogen-bond acceptors (Lipinski definition) is 5. The van der Waals surface area contributed by atoms with E-state index in [9.17, 15) is 0 Å². The van der Waals surface area contributed by atoms with Crippen molar-refractivity contribution in [3.63, 3.8) is 0 Å². The number of nitrogens with zero attached hydrogens (tertiary/aromatic N) is 3. The fourth-order valence-corrected chi connectivity index (χ4v) is 2.97. The van der Waals surface area contributed by atoms with E-state index in [4.69, 9.17) is 9.47 Å². The van der Waals surface area contributed by atoms with E-state index in [1.807, 2.05) is 18.2 Å². The fourth-order valence-electron chi connectivity index (χ4n) is 2.97. The molecule has 1 heterocycles. The zero-order chi connectivity index (χ0) is 18.8. The molecule has 0 amide bonds. The van der Waals surface area contributed by atoms with Crippen LogP contribution in [0.5, 0.6) is 11.5 Å². The molecule has 1 aromatic carbocycles. The Kier molecular flexibility index (Phi) is 11.5. The summed E-state index contributed by atoms with van der Waals surface area (Å²) >= 11 is 0. The summed E-state index contributed by atoms with van der Waals surface area (Å²) in [6.45, 7) is 6.82. The Morgan fingerprint density at radius 1 is 1.07 bits per heavy atom. The van der Waals surface area contributed by atoms with Crippen molar-refractivity contribution in [3.8, 4) is 11.5 Å². The summed E-state index contributed by atoms with van der Waals surface area (Å²) < 4.78 is 10.6. The number of anilines is 1. The monoisotopic (exact) mass is 491 g/mol. The van der Waals surface area contributed by atoms with Gasteiger partial charge < -0.3 is 29.9 Å². The van der Waals surface area contributed by atoms with E-state index in [0.717, 1.165) is 24.6 Å². The van der Waals surface area contributed by atoms with Crippen LogP contribution in [0.3, 0.4) is 0 Å². The van der Waals surface area contributed by atoms with Gasteiger partial charge in [-0.3, -0.25) is 4.99 Å². The molecule has 2 N–H and O–H groups in total. The highest BCUT2D eigenvalue weighted by molar-refractivity contribution is 14.0. The van der Waals surface area contributed by atoms with Gasteiger partial charge in [0.05, 0.1) is 14.2 Å². The van der Waals surface area contributed by atoms with Crippen LogP contribution in [0.4, 0.5) is 5.69 Å². The maximum absolute atomic E-state index is 5.34. The van der Waals surface area contributed by atoms with Crippen LogP contribution in [-0.4, -0.2) is 83.3 Å². The van der Waals surface area contributed by atoms with E-state index in [0.29, 0.717) is 11.5 Å². The molecule has 0 radical (unpaired) electrons. The minimum atomic E-state index is 0. The molecule has 154 valence electrons. The molecular weight excluding hydrogens is 457 g/mol. The molecule has 0 atom stereocenters. The van der Waals surface area contributed by atoms with E-state index in [2.05, 4.69) is 32.5 Å². The minimum absolute atomic E-state index is 0. The lowest BCUT2D eigenvalue weighted by Gasteiger charge is -2.32. The third-order valence-electron chi connectivity index (χ3n) is 4.66. The zero-order valence-electron chi connectivity index (χ0n) is 17.0. The van der Waals surface area contributed by atoms with Crippen LogP contribution in [0.25, 0.3) is 0 Å². The average Bonchev–Trinajstić information content (AvgIpc) is 2.68. The van der Waals surface area contributed by atoms with Gasteiger partial charge in [-0.2, -0.15) is 0 Å². The Morgan fingerprint density at radius 2 is 1.78 bits per heavy atom. The number of guanidine groups is 1. The SMILES string of the molecule is CN=C(NCCCCN1CCN(C)CC1)Nc1ccc(OC)c(OC)c1.I. The lowest BCUT2D eigenvalue weighted by Crippen LogP contribution is -2.44. The van der Waals surface area contributed by atoms with Gasteiger partial charge in [0.15, 0.2) is 17.5 Å². The molecule has 0 aliphatic carbocycles. The van der Waals surface area contributed by atoms with Crippen LogP contribution in [0.15, 0.2) is 23.2 Å². The molecule has 0 bridgehead atoms. The van der Waals surface area contributed by atoms with Gasteiger partial charge in [0, 0.05) is 51.5 Å². The van der Waals surface area contributed by atoms with Crippen LogP contribution in [0, 0.1) is 0 Å². The predicted molar refractivity (Wildman–Crippen MR) is 123 cm³/mol. The van der Waals surface area contributed by atoms with Crippen molar-refractivity contribution in [2.75, 3.05) is 72.9 Å². The van der Waals surface area contributed by atoms with Crippen LogP contribution in [-0.2, 0) is 0 Å². The Balaban J connectivity index is 0.00000364. The van der Waals surface area contributed by atoms with Gasteiger partial charge in [0.25, 0.3) is 0 Å². The van der Waals surface area contributed by atoms with Crippen molar-refractivity contribution < 1.29 is 9.47 Å². The van der Waals surface area contributed by atoms with Gasteiger partial charge in [-0.05, 0) is 38.6 Å². The van der Waals surface area contributed by atoms with Gasteiger partial charge in [0.2, 0.25) is 0 Å². The largest absolute Gasteiger partial charge is 0.493 e. The number of hydrogen-bond donors (Lipinski definition) is 2. The smallest absolute Gasteiger partial charge is 0.195 e. The highest BCUT2D eigenvalue weighted by Crippen LogP contribution is 2.29. The molecule has 1 fully saturated rings. The van der Waals surface area contributed by atoms with Crippen LogP contribution >= 0.6 is 24.0 Å². The maximum Gasteiger partial charge on any atom is 0.195 e. The first-order valence-electron chi connectivity index (χ1n) is 9.27. The maximum atomic E-state index is 5.34. The summed E-state index contributed by atoms with van der Waals surface area (Å²) in [6, 6.07) is 5.73. The minimum Gasteiger partial charge on any atom is -0.493 e. The second kappa shape index (κ2) is 13.0. The fraction of sp³-hybridized carbons (Fsp3) is 0.632. The Bertz CT molecular complexity index is 577. The summed E-state index contributed by atoms with van der Waals surface area (Å²) in [5, 5.41) is 6.66. The van der Waals surface area contributed by atoms with Gasteiger partial charge >= 0.3 is 0 Å². The van der Waals surface area contributed by atoms with Gasteiger partial charge in [-0.25, -0.2) is 0 Å². The zero-order valence-corrected chi connectivity index (χ0v) is 19.3. The second-order valence-corrected chi connectivity index (χ2v) is 6.55. The van der Waals surface area contributed by atoms with Crippen molar-refractivity contribution in [2.24, 2.45) is 4.99 Å². The van der Waals surface area contributed by atoms with Crippen molar-refractivity contribution in [1.29, 1.82) is 0 Å². The molecule has 0 unspecified atom stereocenters. The normalized spacial score (nSPS) is 15.8. The molecule has 0 spiro atoms. The lowest BCUT2D eigenvalue weighted by atomic mass is 10.2. The summed E-state index contributed by atoms with van der Waals surface area (Å²) in [7, 11) is 7.24. The number of nitrogens with one attached hydrogen (secondary N) is 2. The number of aliphatic imine (C=N–C) groups is 1. The molecule has 2 rings (SSSR count). The van der Waals surface area contributed by atoms with Crippen LogP contribution in [0.1, 0.15) is 12.8 Å². The van der Waals surface area contributed by atoms with Crippen LogP contribution < -0.4 is 20.1 Å². The molecule has 1 saturated heterocycles. The van der Waals surface area contributed by atoms with Gasteiger partial charge in [-0.1, -0.05) is 0 Å². The van der Waals surface area contributed by atoms with E-state index in [1.54, 1.807) is 21.3 Å². The number of benzene rings is 1. The number of unbranched alkanes of at least 4 members (excludes halogenated alkanes) is 1. The van der Waals surface area contributed by atoms with Crippen molar-refractivity contribution in [2.45, 2.75) is 12.8 Å². The molecule has 7 nitrogen and oxygen atoms in total. The van der Waals surface area contributed by atoms with Crippen molar-refractivity contribution >= 4 is 35.6 Å². The molecule has 0 saturated carbocycles. The van der Waals surface area contributed by atoms with E-state index in [-0.39, 0.29) is 24.0 Å². The third kappa shape index (κ3) is 8.10. The summed E-state index contributed by atoms with van der Waals surface area (Å²) in [6.07, 6.45) is 2.32. The lowest BCUT2D eigenvalue weighted by molar-refractivity contribution is 0.152. The molecule has 8 heteroatoms. The summed E-state index contributed by atoms with van der Waals surface area (Å²) in [5.74, 6) is 2.17. The molecule has 0 aromatic heterocycles. The first-order chi connectivity index (χ1) is 12.7. The first-order valence-corrected chi connectivity index (χ1v) is 9.27. The third-order valence-corrected chi connectivity index (χ3v) is 4.66.